The van der Waals surface area contributed by atoms with Crippen molar-refractivity contribution < 1.29 is 13.2 Å². The van der Waals surface area contributed by atoms with Crippen LogP contribution in [0.15, 0.2) is 29.3 Å². The van der Waals surface area contributed by atoms with Gasteiger partial charge in [0.15, 0.2) is 0 Å². The fourth-order valence-electron chi connectivity index (χ4n) is 3.57. The minimum absolute atomic E-state index is 0.0474. The van der Waals surface area contributed by atoms with E-state index in [1.54, 1.807) is 28.9 Å². The third-order valence-electron chi connectivity index (χ3n) is 5.46. The zero-order valence-electron chi connectivity index (χ0n) is 16.5. The lowest BCUT2D eigenvalue weighted by atomic mass is 10.1. The van der Waals surface area contributed by atoms with E-state index in [0.717, 1.165) is 0 Å². The van der Waals surface area contributed by atoms with Crippen molar-refractivity contribution in [1.29, 1.82) is 5.26 Å². The van der Waals surface area contributed by atoms with Crippen molar-refractivity contribution in [3.8, 4) is 6.07 Å². The van der Waals surface area contributed by atoms with Crippen LogP contribution in [0.1, 0.15) is 26.7 Å². The van der Waals surface area contributed by atoms with E-state index in [1.165, 1.54) is 0 Å². The molecule has 1 aliphatic carbocycles. The maximum absolute atomic E-state index is 12.9. The molecule has 0 unspecified atom stereocenters. The smallest absolute Gasteiger partial charge is 0.242 e. The second-order valence-corrected chi connectivity index (χ2v) is 9.67. The van der Waals surface area contributed by atoms with Crippen LogP contribution in [0.5, 0.6) is 0 Å². The number of pyridine rings is 1. The summed E-state index contributed by atoms with van der Waals surface area (Å²) in [5.74, 6) is 0.737. The molecular weight excluding hydrogens is 392 g/mol. The van der Waals surface area contributed by atoms with Gasteiger partial charge in [0.05, 0.1) is 22.7 Å². The molecule has 0 radical (unpaired) electrons. The number of piperazine rings is 1. The number of nitrogens with zero attached hydrogens (tertiary/aromatic N) is 5. The molecule has 3 heterocycles. The summed E-state index contributed by atoms with van der Waals surface area (Å²) in [6.07, 6.45) is 2.67. The lowest BCUT2D eigenvalue weighted by Gasteiger charge is -2.37. The zero-order chi connectivity index (χ0) is 20.8. The number of anilines is 1. The number of hydrogen-bond acceptors (Lipinski definition) is 6. The number of nitrogens with one attached hydrogen (secondary N) is 1. The second-order valence-electron chi connectivity index (χ2n) is 7.98. The molecule has 2 aromatic heterocycles. The van der Waals surface area contributed by atoms with Crippen molar-refractivity contribution in [2.24, 2.45) is 5.92 Å². The Bertz CT molecular complexity index is 1090. The zero-order valence-corrected chi connectivity index (χ0v) is 17.3. The predicted molar refractivity (Wildman–Crippen MR) is 107 cm³/mol. The lowest BCUT2D eigenvalue weighted by Crippen LogP contribution is -2.50. The first-order valence-electron chi connectivity index (χ1n) is 9.71. The number of rotatable bonds is 5. The highest BCUT2D eigenvalue weighted by atomic mass is 32.2. The minimum Gasteiger partial charge on any atom is -0.353 e. The minimum atomic E-state index is -3.84. The lowest BCUT2D eigenvalue weighted by molar-refractivity contribution is -0.134. The molecule has 0 aromatic carbocycles. The quantitative estimate of drug-likeness (QED) is 0.778. The van der Waals surface area contributed by atoms with Crippen molar-refractivity contribution in [3.63, 3.8) is 0 Å². The van der Waals surface area contributed by atoms with Gasteiger partial charge in [-0.2, -0.15) is 15.1 Å². The Morgan fingerprint density at radius 1 is 1.24 bits per heavy atom. The van der Waals surface area contributed by atoms with E-state index in [1.807, 2.05) is 23.6 Å². The summed E-state index contributed by atoms with van der Waals surface area (Å²) < 4.78 is 30.0. The molecule has 10 heteroatoms. The summed E-state index contributed by atoms with van der Waals surface area (Å²) in [5, 5.41) is 13.6. The van der Waals surface area contributed by atoms with Crippen molar-refractivity contribution >= 4 is 27.3 Å². The topological polar surface area (TPSA) is 111 Å². The highest BCUT2D eigenvalue weighted by Gasteiger charge is 2.47. The number of carbonyl (C=O) groups excluding carboxylic acids is 1. The predicted octanol–water partition coefficient (Wildman–Crippen LogP) is 0.973. The SMILES string of the molecule is CC(C)C(=O)N1CCN(c2cc(S(=O)(=O)NC3(C#N)CC3)cc3ccnn23)CC1. The summed E-state index contributed by atoms with van der Waals surface area (Å²) in [7, 11) is -3.84. The molecule has 1 aliphatic heterocycles. The van der Waals surface area contributed by atoms with Crippen molar-refractivity contribution in [3.05, 3.63) is 24.4 Å². The normalized spacial score (nSPS) is 18.8. The summed E-state index contributed by atoms with van der Waals surface area (Å²) >= 11 is 0. The molecule has 1 N–H and O–H groups in total. The first-order valence-corrected chi connectivity index (χ1v) is 11.2. The van der Waals surface area contributed by atoms with Crippen LogP contribution < -0.4 is 9.62 Å². The molecular formula is C19H24N6O3S. The molecule has 1 saturated carbocycles. The molecule has 2 aromatic rings. The number of nitriles is 1. The first kappa shape index (κ1) is 19.7. The Labute approximate surface area is 169 Å². The highest BCUT2D eigenvalue weighted by Crippen LogP contribution is 2.36. The molecule has 9 nitrogen and oxygen atoms in total. The van der Waals surface area contributed by atoms with Gasteiger partial charge in [0, 0.05) is 38.2 Å². The summed E-state index contributed by atoms with van der Waals surface area (Å²) in [5.41, 5.74) is -0.320. The summed E-state index contributed by atoms with van der Waals surface area (Å²) in [6.45, 7) is 6.10. The van der Waals surface area contributed by atoms with Crippen LogP contribution in [0.25, 0.3) is 5.52 Å². The molecule has 154 valence electrons. The average Bonchev–Trinajstić information content (AvgIpc) is 3.30. The number of aromatic nitrogens is 2. The van der Waals surface area contributed by atoms with E-state index < -0.39 is 15.6 Å². The Balaban J connectivity index is 1.63. The Kier molecular flexibility index (Phi) is 4.75. The monoisotopic (exact) mass is 416 g/mol. The Morgan fingerprint density at radius 2 is 1.93 bits per heavy atom. The molecule has 0 atom stereocenters. The van der Waals surface area contributed by atoms with Crippen LogP contribution in [-0.2, 0) is 14.8 Å². The van der Waals surface area contributed by atoms with Gasteiger partial charge in [-0.1, -0.05) is 13.8 Å². The molecule has 1 amide bonds. The number of sulfonamides is 1. The van der Waals surface area contributed by atoms with E-state index in [0.29, 0.717) is 50.4 Å². The average molecular weight is 417 g/mol. The van der Waals surface area contributed by atoms with E-state index in [4.69, 9.17) is 0 Å². The molecule has 4 rings (SSSR count). The number of amides is 1. The molecule has 0 spiro atoms. The van der Waals surface area contributed by atoms with E-state index >= 15 is 0 Å². The van der Waals surface area contributed by atoms with Crippen LogP contribution in [0.4, 0.5) is 5.82 Å². The standard InChI is InChI=1S/C19H24N6O3S/c1-14(2)18(26)24-9-7-23(8-10-24)17-12-16(11-15-3-6-21-25(15)17)29(27,28)22-19(13-20)4-5-19/h3,6,11-12,14,22H,4-5,7-10H2,1-2H3. The van der Waals surface area contributed by atoms with Gasteiger partial charge >= 0.3 is 0 Å². The first-order chi connectivity index (χ1) is 13.7. The van der Waals surface area contributed by atoms with Gasteiger partial charge in [0.25, 0.3) is 0 Å². The Morgan fingerprint density at radius 3 is 2.52 bits per heavy atom. The van der Waals surface area contributed by atoms with E-state index in [-0.39, 0.29) is 16.7 Å². The van der Waals surface area contributed by atoms with Crippen LogP contribution in [-0.4, -0.2) is 60.6 Å². The molecule has 0 bridgehead atoms. The second kappa shape index (κ2) is 7.00. The van der Waals surface area contributed by atoms with Crippen LogP contribution in [0.3, 0.4) is 0 Å². The van der Waals surface area contributed by atoms with Crippen LogP contribution in [0, 0.1) is 17.2 Å². The summed E-state index contributed by atoms with van der Waals surface area (Å²) in [6, 6.07) is 6.96. The number of hydrogen-bond donors (Lipinski definition) is 1. The van der Waals surface area contributed by atoms with Gasteiger partial charge < -0.3 is 9.80 Å². The highest BCUT2D eigenvalue weighted by molar-refractivity contribution is 7.89. The molecule has 2 aliphatic rings. The fraction of sp³-hybridized carbons (Fsp3) is 0.526. The third-order valence-corrected chi connectivity index (χ3v) is 6.98. The van der Waals surface area contributed by atoms with Crippen molar-refractivity contribution in [2.45, 2.75) is 37.1 Å². The third kappa shape index (κ3) is 3.68. The summed E-state index contributed by atoms with van der Waals surface area (Å²) in [4.78, 5) is 16.2. The Hall–Kier alpha value is -2.64. The van der Waals surface area contributed by atoms with Gasteiger partial charge in [-0.3, -0.25) is 4.79 Å². The molecule has 2 fully saturated rings. The number of fused-ring (bicyclic) bond motifs is 1. The van der Waals surface area contributed by atoms with Gasteiger partial charge in [-0.25, -0.2) is 12.9 Å². The largest absolute Gasteiger partial charge is 0.353 e. The fourth-order valence-corrected chi connectivity index (χ4v) is 4.99. The maximum atomic E-state index is 12.9. The van der Waals surface area contributed by atoms with Gasteiger partial charge in [-0.15, -0.1) is 0 Å². The van der Waals surface area contributed by atoms with Gasteiger partial charge in [0.2, 0.25) is 15.9 Å². The van der Waals surface area contributed by atoms with Gasteiger partial charge in [-0.05, 0) is 25.0 Å². The van der Waals surface area contributed by atoms with Crippen molar-refractivity contribution in [1.82, 2.24) is 19.2 Å². The van der Waals surface area contributed by atoms with Crippen LogP contribution >= 0.6 is 0 Å². The van der Waals surface area contributed by atoms with Crippen LogP contribution in [0.2, 0.25) is 0 Å². The van der Waals surface area contributed by atoms with E-state index in [2.05, 4.69) is 15.9 Å². The molecule has 29 heavy (non-hydrogen) atoms. The molecule has 1 saturated heterocycles. The van der Waals surface area contributed by atoms with Crippen molar-refractivity contribution in [2.75, 3.05) is 31.1 Å². The number of carbonyl (C=O) groups is 1. The maximum Gasteiger partial charge on any atom is 0.242 e. The van der Waals surface area contributed by atoms with Gasteiger partial charge in [0.1, 0.15) is 11.4 Å². The van der Waals surface area contributed by atoms with E-state index in [9.17, 15) is 18.5 Å².